The van der Waals surface area contributed by atoms with Gasteiger partial charge in [-0.1, -0.05) is 35.4 Å². The van der Waals surface area contributed by atoms with Crippen LogP contribution < -0.4 is 21.7 Å². The summed E-state index contributed by atoms with van der Waals surface area (Å²) in [6, 6.07) is 10.8. The summed E-state index contributed by atoms with van der Waals surface area (Å²) >= 11 is 0. The van der Waals surface area contributed by atoms with Crippen molar-refractivity contribution in [2.45, 2.75) is 44.4 Å². The highest BCUT2D eigenvalue weighted by Crippen LogP contribution is 2.59. The third-order valence-electron chi connectivity index (χ3n) is 7.75. The second-order valence-corrected chi connectivity index (χ2v) is 9.71. The van der Waals surface area contributed by atoms with E-state index in [4.69, 9.17) is 5.73 Å². The van der Waals surface area contributed by atoms with E-state index in [1.165, 1.54) is 17.2 Å². The van der Waals surface area contributed by atoms with Crippen LogP contribution in [-0.4, -0.2) is 36.6 Å². The fourth-order valence-corrected chi connectivity index (χ4v) is 6.10. The maximum Gasteiger partial charge on any atom is 0.251 e. The SMILES string of the molecule is CC1=C2C1[C@@H]1C[C@H]2[C@@H](C(=O)NC(N)Cc2ccc(-c3ccc4c(c3)CCNC4=O)cc2F)N1. The molecule has 5 atom stereocenters. The van der Waals surface area contributed by atoms with Gasteiger partial charge in [0.25, 0.3) is 5.91 Å². The number of hydrogen-bond donors (Lipinski definition) is 4. The van der Waals surface area contributed by atoms with Crippen LogP contribution in [0.3, 0.4) is 0 Å². The van der Waals surface area contributed by atoms with Gasteiger partial charge in [0.05, 0.1) is 12.2 Å². The third-order valence-corrected chi connectivity index (χ3v) is 7.75. The maximum atomic E-state index is 14.9. The van der Waals surface area contributed by atoms with Gasteiger partial charge in [-0.2, -0.15) is 0 Å². The Morgan fingerprint density at radius 1 is 1.24 bits per heavy atom. The third kappa shape index (κ3) is 3.38. The molecule has 2 amide bonds. The minimum Gasteiger partial charge on any atom is -0.352 e. The van der Waals surface area contributed by atoms with Crippen molar-refractivity contribution in [1.82, 2.24) is 16.0 Å². The Kier molecular flexibility index (Phi) is 4.67. The van der Waals surface area contributed by atoms with Crippen LogP contribution in [0.1, 0.15) is 34.8 Å². The second kappa shape index (κ2) is 7.50. The molecule has 2 aromatic rings. The molecule has 2 unspecified atom stereocenters. The minimum absolute atomic E-state index is 0.0650. The van der Waals surface area contributed by atoms with Crippen molar-refractivity contribution < 1.29 is 14.0 Å². The summed E-state index contributed by atoms with van der Waals surface area (Å²) in [5.41, 5.74) is 12.8. The van der Waals surface area contributed by atoms with Gasteiger partial charge < -0.3 is 21.7 Å². The zero-order valence-electron chi connectivity index (χ0n) is 18.5. The smallest absolute Gasteiger partial charge is 0.251 e. The van der Waals surface area contributed by atoms with Crippen molar-refractivity contribution in [3.05, 3.63) is 70.1 Å². The minimum atomic E-state index is -0.661. The molecule has 2 aromatic carbocycles. The van der Waals surface area contributed by atoms with Crippen molar-refractivity contribution >= 4 is 11.8 Å². The van der Waals surface area contributed by atoms with Gasteiger partial charge in [0, 0.05) is 36.4 Å². The molecule has 33 heavy (non-hydrogen) atoms. The highest BCUT2D eigenvalue weighted by molar-refractivity contribution is 5.97. The number of fused-ring (bicyclic) bond motifs is 6. The first-order valence-corrected chi connectivity index (χ1v) is 11.6. The normalized spacial score (nSPS) is 27.7. The quantitative estimate of drug-likeness (QED) is 0.418. The van der Waals surface area contributed by atoms with Crippen LogP contribution in [0, 0.1) is 17.7 Å². The Hall–Kier alpha value is -3.03. The standard InChI is InChI=1S/C26H27FN4O2/c1-12-22-18-11-20(23(12)22)30-24(18)26(33)31-21(28)10-16-3-2-14(9-19(16)27)13-4-5-17-15(8-13)6-7-29-25(17)32/h2-5,8-9,18,20-21,23-24,30H,6-7,10-11,28H2,1H3,(H,29,32)(H,31,33)/t18-,20+,21?,23?,24+/m1/s1. The van der Waals surface area contributed by atoms with Crippen LogP contribution in [0.2, 0.25) is 0 Å². The summed E-state index contributed by atoms with van der Waals surface area (Å²) in [6.07, 6.45) is 1.34. The van der Waals surface area contributed by atoms with Gasteiger partial charge in [0.15, 0.2) is 0 Å². The topological polar surface area (TPSA) is 96.2 Å². The molecule has 0 spiro atoms. The number of piperidine rings is 1. The first kappa shape index (κ1) is 20.6. The number of carbonyl (C=O) groups is 2. The van der Waals surface area contributed by atoms with E-state index < -0.39 is 6.17 Å². The second-order valence-electron chi connectivity index (χ2n) is 9.71. The molecule has 7 heteroatoms. The fourth-order valence-electron chi connectivity index (χ4n) is 6.10. The van der Waals surface area contributed by atoms with E-state index in [1.54, 1.807) is 12.1 Å². The Morgan fingerprint density at radius 3 is 2.82 bits per heavy atom. The van der Waals surface area contributed by atoms with Crippen molar-refractivity contribution in [2.24, 2.45) is 17.6 Å². The summed E-state index contributed by atoms with van der Waals surface area (Å²) in [6.45, 7) is 2.77. The fraction of sp³-hybridized carbons (Fsp3) is 0.385. The van der Waals surface area contributed by atoms with E-state index in [0.717, 1.165) is 29.5 Å². The monoisotopic (exact) mass is 446 g/mol. The van der Waals surface area contributed by atoms with Gasteiger partial charge in [0.2, 0.25) is 5.91 Å². The number of hydrogen-bond acceptors (Lipinski definition) is 4. The average molecular weight is 447 g/mol. The van der Waals surface area contributed by atoms with Gasteiger partial charge in [-0.3, -0.25) is 9.59 Å². The zero-order valence-corrected chi connectivity index (χ0v) is 18.5. The van der Waals surface area contributed by atoms with E-state index in [1.807, 2.05) is 18.2 Å². The van der Waals surface area contributed by atoms with Gasteiger partial charge in [-0.05, 0) is 54.2 Å². The molecule has 0 radical (unpaired) electrons. The summed E-state index contributed by atoms with van der Waals surface area (Å²) < 4.78 is 14.9. The van der Waals surface area contributed by atoms with Crippen LogP contribution >= 0.6 is 0 Å². The summed E-state index contributed by atoms with van der Waals surface area (Å²) in [7, 11) is 0. The molecule has 5 N–H and O–H groups in total. The molecule has 1 saturated carbocycles. The highest BCUT2D eigenvalue weighted by Gasteiger charge is 2.59. The van der Waals surface area contributed by atoms with Crippen molar-refractivity contribution in [2.75, 3.05) is 6.54 Å². The molecule has 6 rings (SSSR count). The van der Waals surface area contributed by atoms with Gasteiger partial charge >= 0.3 is 0 Å². The molecule has 0 aromatic heterocycles. The maximum absolute atomic E-state index is 14.9. The van der Waals surface area contributed by atoms with E-state index in [2.05, 4.69) is 22.9 Å². The Labute approximate surface area is 191 Å². The predicted octanol–water partition coefficient (Wildman–Crippen LogP) is 2.03. The predicted molar refractivity (Wildman–Crippen MR) is 123 cm³/mol. The first-order valence-electron chi connectivity index (χ1n) is 11.6. The lowest BCUT2D eigenvalue weighted by molar-refractivity contribution is -0.124. The summed E-state index contributed by atoms with van der Waals surface area (Å²) in [5, 5.41) is 9.13. The number of halogens is 1. The molecular formula is C26H27FN4O2. The van der Waals surface area contributed by atoms with Crippen LogP contribution in [0.25, 0.3) is 11.1 Å². The lowest BCUT2D eigenvalue weighted by Gasteiger charge is -2.24. The van der Waals surface area contributed by atoms with E-state index in [9.17, 15) is 14.0 Å². The number of nitrogens with one attached hydrogen (secondary N) is 3. The number of benzene rings is 2. The van der Waals surface area contributed by atoms with Crippen LogP contribution in [0.15, 0.2) is 47.5 Å². The lowest BCUT2D eigenvalue weighted by Crippen LogP contribution is -2.53. The first-order chi connectivity index (χ1) is 15.9. The van der Waals surface area contributed by atoms with E-state index >= 15 is 0 Å². The van der Waals surface area contributed by atoms with Crippen molar-refractivity contribution in [3.8, 4) is 11.1 Å². The van der Waals surface area contributed by atoms with E-state index in [-0.39, 0.29) is 36.0 Å². The number of carbonyl (C=O) groups excluding carboxylic acids is 2. The van der Waals surface area contributed by atoms with Crippen LogP contribution in [0.5, 0.6) is 0 Å². The number of rotatable bonds is 5. The molecule has 4 aliphatic rings. The van der Waals surface area contributed by atoms with Crippen LogP contribution in [0.4, 0.5) is 4.39 Å². The van der Waals surface area contributed by atoms with Gasteiger partial charge in [-0.25, -0.2) is 4.39 Å². The van der Waals surface area contributed by atoms with Crippen molar-refractivity contribution in [3.63, 3.8) is 0 Å². The molecule has 2 heterocycles. The highest BCUT2D eigenvalue weighted by atomic mass is 19.1. The van der Waals surface area contributed by atoms with E-state index in [0.29, 0.717) is 29.6 Å². The molecule has 2 aliphatic carbocycles. The van der Waals surface area contributed by atoms with Gasteiger partial charge in [0.1, 0.15) is 5.82 Å². The van der Waals surface area contributed by atoms with Crippen molar-refractivity contribution in [1.29, 1.82) is 0 Å². The summed E-state index contributed by atoms with van der Waals surface area (Å²) in [4.78, 5) is 24.7. The average Bonchev–Trinajstić information content (AvgIpc) is 3.14. The number of amides is 2. The lowest BCUT2D eigenvalue weighted by atomic mass is 9.94. The van der Waals surface area contributed by atoms with Crippen LogP contribution in [-0.2, 0) is 17.6 Å². The Bertz CT molecular complexity index is 1220. The Morgan fingerprint density at radius 2 is 2.03 bits per heavy atom. The molecule has 2 bridgehead atoms. The summed E-state index contributed by atoms with van der Waals surface area (Å²) in [5.74, 6) is 0.339. The molecule has 1 saturated heterocycles. The largest absolute Gasteiger partial charge is 0.352 e. The zero-order chi connectivity index (χ0) is 22.9. The van der Waals surface area contributed by atoms with Gasteiger partial charge in [-0.15, -0.1) is 0 Å². The molecule has 170 valence electrons. The molecule has 2 aliphatic heterocycles. The molecule has 2 fully saturated rings. The molecular weight excluding hydrogens is 419 g/mol. The Balaban J connectivity index is 1.12. The number of nitrogens with two attached hydrogens (primary N) is 1. The molecule has 6 nitrogen and oxygen atoms in total.